The lowest BCUT2D eigenvalue weighted by molar-refractivity contribution is -0.183. The summed E-state index contributed by atoms with van der Waals surface area (Å²) in [5.74, 6) is 0.415. The molecule has 21 heavy (non-hydrogen) atoms. The van der Waals surface area contributed by atoms with Gasteiger partial charge in [-0.25, -0.2) is 0 Å². The van der Waals surface area contributed by atoms with E-state index in [0.717, 1.165) is 0 Å². The molecule has 8 heteroatoms. The Morgan fingerprint density at radius 3 is 2.62 bits per heavy atom. The molecule has 0 atom stereocenters. The van der Waals surface area contributed by atoms with Crippen LogP contribution in [-0.2, 0) is 0 Å². The first kappa shape index (κ1) is 15.8. The van der Waals surface area contributed by atoms with Crippen LogP contribution in [0.2, 0.25) is 5.02 Å². The third-order valence-corrected chi connectivity index (χ3v) is 3.73. The number of ether oxygens (including phenoxy) is 1. The fraction of sp³-hybridized carbons (Fsp3) is 0.462. The van der Waals surface area contributed by atoms with E-state index in [1.807, 2.05) is 0 Å². The van der Waals surface area contributed by atoms with E-state index in [2.05, 4.69) is 10.3 Å². The number of anilines is 1. The lowest BCUT2D eigenvalue weighted by Crippen LogP contribution is -2.30. The van der Waals surface area contributed by atoms with Crippen molar-refractivity contribution in [1.29, 1.82) is 0 Å². The smallest absolute Gasteiger partial charge is 0.396 e. The molecule has 1 aromatic rings. The van der Waals surface area contributed by atoms with Crippen molar-refractivity contribution in [1.82, 2.24) is 0 Å². The van der Waals surface area contributed by atoms with Gasteiger partial charge in [0.1, 0.15) is 5.75 Å². The highest BCUT2D eigenvalue weighted by Crippen LogP contribution is 2.57. The van der Waals surface area contributed by atoms with Crippen LogP contribution < -0.4 is 15.8 Å². The second-order valence-corrected chi connectivity index (χ2v) is 5.36. The Kier molecular flexibility index (Phi) is 4.22. The zero-order chi connectivity index (χ0) is 15.7. The zero-order valence-corrected chi connectivity index (χ0v) is 12.1. The Morgan fingerprint density at radius 1 is 1.48 bits per heavy atom. The molecule has 1 aromatic carbocycles. The quantitative estimate of drug-likeness (QED) is 0.660. The van der Waals surface area contributed by atoms with E-state index in [9.17, 15) is 13.2 Å². The van der Waals surface area contributed by atoms with Crippen molar-refractivity contribution in [3.63, 3.8) is 0 Å². The molecule has 1 saturated carbocycles. The van der Waals surface area contributed by atoms with Crippen molar-refractivity contribution < 1.29 is 17.9 Å². The van der Waals surface area contributed by atoms with Gasteiger partial charge in [0.05, 0.1) is 24.1 Å². The molecule has 1 aliphatic carbocycles. The minimum absolute atomic E-state index is 0.0771. The summed E-state index contributed by atoms with van der Waals surface area (Å²) in [6.45, 7) is -0.362. The summed E-state index contributed by atoms with van der Waals surface area (Å²) >= 11 is 5.94. The number of alkyl halides is 3. The van der Waals surface area contributed by atoms with Crippen LogP contribution >= 0.6 is 11.6 Å². The summed E-state index contributed by atoms with van der Waals surface area (Å²) in [6, 6.07) is 4.82. The van der Waals surface area contributed by atoms with E-state index >= 15 is 0 Å². The number of hydrogen-bond donors (Lipinski definition) is 2. The Hall–Kier alpha value is -1.63. The molecule has 2 rings (SSSR count). The first-order valence-corrected chi connectivity index (χ1v) is 6.62. The topological polar surface area (TPSA) is 59.6 Å². The molecule has 1 aliphatic rings. The average molecular weight is 322 g/mol. The molecule has 0 radical (unpaired) electrons. The van der Waals surface area contributed by atoms with Crippen molar-refractivity contribution >= 4 is 23.2 Å². The van der Waals surface area contributed by atoms with Crippen molar-refractivity contribution in [2.75, 3.05) is 19.0 Å². The number of halogens is 4. The molecule has 0 bridgehead atoms. The van der Waals surface area contributed by atoms with Crippen LogP contribution in [0.15, 0.2) is 23.2 Å². The van der Waals surface area contributed by atoms with Crippen LogP contribution in [0.25, 0.3) is 0 Å². The van der Waals surface area contributed by atoms with Gasteiger partial charge in [-0.1, -0.05) is 11.6 Å². The van der Waals surface area contributed by atoms with Crippen LogP contribution in [0.1, 0.15) is 12.8 Å². The number of rotatable bonds is 4. The number of benzene rings is 1. The highest BCUT2D eigenvalue weighted by molar-refractivity contribution is 6.32. The SMILES string of the molecule is COc1ccc(NC(N)=NCC2(C(F)(F)F)CC2)cc1Cl. The summed E-state index contributed by atoms with van der Waals surface area (Å²) in [5, 5.41) is 3.07. The highest BCUT2D eigenvalue weighted by atomic mass is 35.5. The van der Waals surface area contributed by atoms with Crippen LogP contribution in [0, 0.1) is 5.41 Å². The molecule has 0 heterocycles. The summed E-state index contributed by atoms with van der Waals surface area (Å²) in [5.41, 5.74) is 4.43. The van der Waals surface area contributed by atoms with Gasteiger partial charge in [-0.15, -0.1) is 0 Å². The molecular formula is C13H15ClF3N3O. The minimum Gasteiger partial charge on any atom is -0.495 e. The average Bonchev–Trinajstić information content (AvgIpc) is 3.17. The van der Waals surface area contributed by atoms with Crippen LogP contribution in [0.5, 0.6) is 5.75 Å². The highest BCUT2D eigenvalue weighted by Gasteiger charge is 2.63. The standard InChI is InChI=1S/C13H15ClF3N3O/c1-21-10-3-2-8(6-9(10)14)20-11(18)19-7-12(4-5-12)13(15,16)17/h2-3,6H,4-5,7H2,1H3,(H3,18,19,20). The van der Waals surface area contributed by atoms with E-state index < -0.39 is 11.6 Å². The van der Waals surface area contributed by atoms with Crippen molar-refractivity contribution in [3.05, 3.63) is 23.2 Å². The van der Waals surface area contributed by atoms with Gasteiger partial charge in [0.25, 0.3) is 0 Å². The second kappa shape index (κ2) is 5.63. The lowest BCUT2D eigenvalue weighted by Gasteiger charge is -2.17. The molecular weight excluding hydrogens is 307 g/mol. The van der Waals surface area contributed by atoms with Crippen LogP contribution in [-0.4, -0.2) is 25.8 Å². The minimum atomic E-state index is -4.24. The largest absolute Gasteiger partial charge is 0.495 e. The molecule has 4 nitrogen and oxygen atoms in total. The number of nitrogens with one attached hydrogen (secondary N) is 1. The van der Waals surface area contributed by atoms with Gasteiger partial charge in [-0.3, -0.25) is 4.99 Å². The number of methoxy groups -OCH3 is 1. The van der Waals surface area contributed by atoms with Gasteiger partial charge >= 0.3 is 6.18 Å². The van der Waals surface area contributed by atoms with E-state index in [1.165, 1.54) is 7.11 Å². The van der Waals surface area contributed by atoms with Crippen molar-refractivity contribution in [2.24, 2.45) is 16.1 Å². The Morgan fingerprint density at radius 2 is 2.14 bits per heavy atom. The van der Waals surface area contributed by atoms with Crippen LogP contribution in [0.4, 0.5) is 18.9 Å². The maximum Gasteiger partial charge on any atom is 0.396 e. The van der Waals surface area contributed by atoms with E-state index in [1.54, 1.807) is 18.2 Å². The maximum absolute atomic E-state index is 12.7. The molecule has 116 valence electrons. The zero-order valence-electron chi connectivity index (χ0n) is 11.3. The fourth-order valence-electron chi connectivity index (χ4n) is 1.85. The summed E-state index contributed by atoms with van der Waals surface area (Å²) in [7, 11) is 1.48. The Labute approximate surface area is 125 Å². The monoisotopic (exact) mass is 321 g/mol. The van der Waals surface area contributed by atoms with Gasteiger partial charge in [0.15, 0.2) is 5.96 Å². The third kappa shape index (κ3) is 3.53. The lowest BCUT2D eigenvalue weighted by atomic mass is 10.1. The number of hydrogen-bond acceptors (Lipinski definition) is 2. The molecule has 0 saturated heterocycles. The Bertz CT molecular complexity index is 556. The first-order valence-electron chi connectivity index (χ1n) is 6.25. The van der Waals surface area contributed by atoms with E-state index in [0.29, 0.717) is 16.5 Å². The molecule has 0 aromatic heterocycles. The van der Waals surface area contributed by atoms with Crippen molar-refractivity contribution in [2.45, 2.75) is 19.0 Å². The number of nitrogens with two attached hydrogens (primary N) is 1. The van der Waals surface area contributed by atoms with Crippen LogP contribution in [0.3, 0.4) is 0 Å². The second-order valence-electron chi connectivity index (χ2n) is 4.95. The summed E-state index contributed by atoms with van der Waals surface area (Å²) in [6.07, 6.45) is -4.04. The van der Waals surface area contributed by atoms with Gasteiger partial charge in [-0.2, -0.15) is 13.2 Å². The number of guanidine groups is 1. The molecule has 0 amide bonds. The molecule has 0 aliphatic heterocycles. The molecule has 0 spiro atoms. The molecule has 1 fully saturated rings. The summed E-state index contributed by atoms with van der Waals surface area (Å²) in [4.78, 5) is 3.78. The normalized spacial score (nSPS) is 17.5. The van der Waals surface area contributed by atoms with E-state index in [4.69, 9.17) is 22.1 Å². The molecule has 3 N–H and O–H groups in total. The third-order valence-electron chi connectivity index (χ3n) is 3.43. The van der Waals surface area contributed by atoms with E-state index in [-0.39, 0.29) is 25.3 Å². The number of aliphatic imine (C=N–C) groups is 1. The number of nitrogens with zero attached hydrogens (tertiary/aromatic N) is 1. The predicted octanol–water partition coefficient (Wildman–Crippen LogP) is 3.42. The predicted molar refractivity (Wildman–Crippen MR) is 75.8 cm³/mol. The Balaban J connectivity index is 2.00. The van der Waals surface area contributed by atoms with Gasteiger partial charge in [-0.05, 0) is 31.0 Å². The van der Waals surface area contributed by atoms with Gasteiger partial charge in [0.2, 0.25) is 0 Å². The van der Waals surface area contributed by atoms with Crippen molar-refractivity contribution in [3.8, 4) is 5.75 Å². The van der Waals surface area contributed by atoms with Gasteiger partial charge < -0.3 is 15.8 Å². The first-order chi connectivity index (χ1) is 9.77. The molecule has 0 unspecified atom stereocenters. The summed E-state index contributed by atoms with van der Waals surface area (Å²) < 4.78 is 43.2. The van der Waals surface area contributed by atoms with Gasteiger partial charge in [0, 0.05) is 5.69 Å². The maximum atomic E-state index is 12.7. The fourth-order valence-corrected chi connectivity index (χ4v) is 2.11.